The van der Waals surface area contributed by atoms with Crippen molar-refractivity contribution >= 4 is 21.6 Å². The van der Waals surface area contributed by atoms with Gasteiger partial charge in [-0.15, -0.1) is 0 Å². The molecule has 0 amide bonds. The van der Waals surface area contributed by atoms with Crippen LogP contribution in [0.3, 0.4) is 0 Å². The first kappa shape index (κ1) is 13.6. The fourth-order valence-electron chi connectivity index (χ4n) is 1.76. The number of anilines is 1. The van der Waals surface area contributed by atoms with Gasteiger partial charge in [-0.1, -0.05) is 43.1 Å². The van der Waals surface area contributed by atoms with Crippen LogP contribution in [0, 0.1) is 5.92 Å². The van der Waals surface area contributed by atoms with Crippen LogP contribution >= 0.6 is 15.9 Å². The van der Waals surface area contributed by atoms with Crippen LogP contribution in [0.25, 0.3) is 0 Å². The van der Waals surface area contributed by atoms with E-state index in [1.54, 1.807) is 0 Å². The normalized spacial score (nSPS) is 14.5. The summed E-state index contributed by atoms with van der Waals surface area (Å²) in [4.78, 5) is 0. The van der Waals surface area contributed by atoms with Gasteiger partial charge in [0, 0.05) is 16.2 Å². The van der Waals surface area contributed by atoms with Crippen LogP contribution in [0.1, 0.15) is 40.0 Å². The summed E-state index contributed by atoms with van der Waals surface area (Å²) in [6.45, 7) is 6.84. The highest BCUT2D eigenvalue weighted by Crippen LogP contribution is 2.19. The fourth-order valence-corrected chi connectivity index (χ4v) is 2.03. The molecule has 0 aromatic heterocycles. The summed E-state index contributed by atoms with van der Waals surface area (Å²) in [6.07, 6.45) is 3.70. The largest absolute Gasteiger partial charge is 0.382 e. The van der Waals surface area contributed by atoms with Gasteiger partial charge in [0.25, 0.3) is 0 Å². The van der Waals surface area contributed by atoms with E-state index in [4.69, 9.17) is 0 Å². The molecule has 0 aliphatic carbocycles. The Kier molecular flexibility index (Phi) is 5.89. The maximum absolute atomic E-state index is 3.60. The zero-order valence-electron chi connectivity index (χ0n) is 10.5. The minimum atomic E-state index is 0.594. The summed E-state index contributed by atoms with van der Waals surface area (Å²) >= 11 is 3.45. The molecule has 0 aliphatic rings. The Labute approximate surface area is 108 Å². The Morgan fingerprint density at radius 2 is 1.75 bits per heavy atom. The maximum Gasteiger partial charge on any atom is 0.0343 e. The fraction of sp³-hybridized carbons (Fsp3) is 0.571. The molecule has 1 aromatic carbocycles. The van der Waals surface area contributed by atoms with Crippen LogP contribution < -0.4 is 5.32 Å². The van der Waals surface area contributed by atoms with E-state index in [0.29, 0.717) is 6.04 Å². The number of rotatable bonds is 6. The SMILES string of the molecule is CCC(C)CC(CC)Nc1ccc(Br)cc1. The number of hydrogen-bond donors (Lipinski definition) is 1. The predicted molar refractivity (Wildman–Crippen MR) is 75.9 cm³/mol. The topological polar surface area (TPSA) is 12.0 Å². The molecular weight excluding hydrogens is 262 g/mol. The Morgan fingerprint density at radius 1 is 1.12 bits per heavy atom. The quantitative estimate of drug-likeness (QED) is 0.768. The van der Waals surface area contributed by atoms with Crippen molar-refractivity contribution in [3.05, 3.63) is 28.7 Å². The van der Waals surface area contributed by atoms with Crippen LogP contribution in [-0.2, 0) is 0 Å². The molecule has 0 bridgehead atoms. The molecule has 0 fully saturated rings. The average Bonchev–Trinajstić information content (AvgIpc) is 2.30. The summed E-state index contributed by atoms with van der Waals surface area (Å²) in [7, 11) is 0. The van der Waals surface area contributed by atoms with Gasteiger partial charge in [0.05, 0.1) is 0 Å². The van der Waals surface area contributed by atoms with Crippen molar-refractivity contribution in [3.63, 3.8) is 0 Å². The van der Waals surface area contributed by atoms with E-state index in [1.807, 2.05) is 0 Å². The van der Waals surface area contributed by atoms with Crippen molar-refractivity contribution in [3.8, 4) is 0 Å². The molecule has 0 heterocycles. The molecule has 1 nitrogen and oxygen atoms in total. The van der Waals surface area contributed by atoms with Crippen LogP contribution in [0.15, 0.2) is 28.7 Å². The minimum Gasteiger partial charge on any atom is -0.382 e. The van der Waals surface area contributed by atoms with Crippen LogP contribution in [-0.4, -0.2) is 6.04 Å². The highest BCUT2D eigenvalue weighted by atomic mass is 79.9. The van der Waals surface area contributed by atoms with Crippen LogP contribution in [0.4, 0.5) is 5.69 Å². The van der Waals surface area contributed by atoms with E-state index >= 15 is 0 Å². The van der Waals surface area contributed by atoms with Crippen molar-refractivity contribution in [1.82, 2.24) is 0 Å². The second-order valence-electron chi connectivity index (χ2n) is 4.51. The van der Waals surface area contributed by atoms with Gasteiger partial charge in [-0.3, -0.25) is 0 Å². The first-order chi connectivity index (χ1) is 7.65. The lowest BCUT2D eigenvalue weighted by Crippen LogP contribution is -2.21. The predicted octanol–water partition coefficient (Wildman–Crippen LogP) is 5.08. The van der Waals surface area contributed by atoms with Crippen molar-refractivity contribution in [2.45, 2.75) is 46.1 Å². The van der Waals surface area contributed by atoms with Gasteiger partial charge in [0.1, 0.15) is 0 Å². The first-order valence-corrected chi connectivity index (χ1v) is 6.97. The summed E-state index contributed by atoms with van der Waals surface area (Å²) < 4.78 is 1.13. The van der Waals surface area contributed by atoms with Gasteiger partial charge in [-0.05, 0) is 43.0 Å². The molecule has 1 rings (SSSR count). The highest BCUT2D eigenvalue weighted by molar-refractivity contribution is 9.10. The third kappa shape index (κ3) is 4.56. The van der Waals surface area contributed by atoms with Crippen molar-refractivity contribution in [2.24, 2.45) is 5.92 Å². The van der Waals surface area contributed by atoms with Gasteiger partial charge in [-0.2, -0.15) is 0 Å². The number of halogens is 1. The molecule has 0 radical (unpaired) electrons. The van der Waals surface area contributed by atoms with Crippen LogP contribution in [0.2, 0.25) is 0 Å². The number of benzene rings is 1. The summed E-state index contributed by atoms with van der Waals surface area (Å²) in [5, 5.41) is 3.60. The zero-order valence-corrected chi connectivity index (χ0v) is 12.0. The van der Waals surface area contributed by atoms with Gasteiger partial charge in [0.2, 0.25) is 0 Å². The van der Waals surface area contributed by atoms with Crippen molar-refractivity contribution < 1.29 is 0 Å². The van der Waals surface area contributed by atoms with Crippen molar-refractivity contribution in [2.75, 3.05) is 5.32 Å². The molecule has 0 aliphatic heterocycles. The molecule has 16 heavy (non-hydrogen) atoms. The molecule has 2 heteroatoms. The van der Waals surface area contributed by atoms with E-state index in [-0.39, 0.29) is 0 Å². The highest BCUT2D eigenvalue weighted by Gasteiger charge is 2.09. The third-order valence-corrected chi connectivity index (χ3v) is 3.62. The monoisotopic (exact) mass is 283 g/mol. The van der Waals surface area contributed by atoms with Gasteiger partial charge < -0.3 is 5.32 Å². The third-order valence-electron chi connectivity index (χ3n) is 3.09. The molecule has 0 saturated heterocycles. The van der Waals surface area contributed by atoms with E-state index in [0.717, 1.165) is 10.4 Å². The Morgan fingerprint density at radius 3 is 2.25 bits per heavy atom. The summed E-state index contributed by atoms with van der Waals surface area (Å²) in [5.74, 6) is 0.799. The number of nitrogens with one attached hydrogen (secondary N) is 1. The molecule has 0 saturated carbocycles. The van der Waals surface area contributed by atoms with E-state index in [2.05, 4.69) is 66.3 Å². The Bertz CT molecular complexity index is 294. The first-order valence-electron chi connectivity index (χ1n) is 6.17. The summed E-state index contributed by atoms with van der Waals surface area (Å²) in [6, 6.07) is 9.01. The van der Waals surface area contributed by atoms with Gasteiger partial charge >= 0.3 is 0 Å². The van der Waals surface area contributed by atoms with Crippen LogP contribution in [0.5, 0.6) is 0 Å². The minimum absolute atomic E-state index is 0.594. The Hall–Kier alpha value is -0.500. The second-order valence-corrected chi connectivity index (χ2v) is 5.42. The lowest BCUT2D eigenvalue weighted by atomic mass is 9.97. The zero-order chi connectivity index (χ0) is 12.0. The average molecular weight is 284 g/mol. The molecule has 90 valence electrons. The molecule has 2 atom stereocenters. The smallest absolute Gasteiger partial charge is 0.0343 e. The molecule has 0 spiro atoms. The Balaban J connectivity index is 2.52. The molecular formula is C14H22BrN. The molecule has 2 unspecified atom stereocenters. The lowest BCUT2D eigenvalue weighted by molar-refractivity contribution is 0.462. The standard InChI is InChI=1S/C14H22BrN/c1-4-11(3)10-13(5-2)16-14-8-6-12(15)7-9-14/h6-9,11,13,16H,4-5,10H2,1-3H3. The van der Waals surface area contributed by atoms with Crippen molar-refractivity contribution in [1.29, 1.82) is 0 Å². The lowest BCUT2D eigenvalue weighted by Gasteiger charge is -2.21. The molecule has 1 aromatic rings. The summed E-state index contributed by atoms with van der Waals surface area (Å²) in [5.41, 5.74) is 1.22. The van der Waals surface area contributed by atoms with Gasteiger partial charge in [-0.25, -0.2) is 0 Å². The van der Waals surface area contributed by atoms with E-state index < -0.39 is 0 Å². The second kappa shape index (κ2) is 6.95. The van der Waals surface area contributed by atoms with E-state index in [9.17, 15) is 0 Å². The molecule has 1 N–H and O–H groups in total. The maximum atomic E-state index is 3.60. The van der Waals surface area contributed by atoms with E-state index in [1.165, 1.54) is 24.9 Å². The number of hydrogen-bond acceptors (Lipinski definition) is 1. The van der Waals surface area contributed by atoms with Gasteiger partial charge in [0.15, 0.2) is 0 Å².